The van der Waals surface area contributed by atoms with Gasteiger partial charge in [0.15, 0.2) is 5.13 Å². The molecule has 26 heavy (non-hydrogen) atoms. The van der Waals surface area contributed by atoms with Gasteiger partial charge in [0.05, 0.1) is 11.3 Å². The number of amides is 1. The van der Waals surface area contributed by atoms with E-state index in [2.05, 4.69) is 10.3 Å². The molecule has 1 fully saturated rings. The second-order valence-corrected chi connectivity index (χ2v) is 7.69. The highest BCUT2D eigenvalue weighted by Crippen LogP contribution is 2.44. The molecule has 1 amide bonds. The number of thiazole rings is 1. The van der Waals surface area contributed by atoms with Crippen molar-refractivity contribution in [2.75, 3.05) is 11.9 Å². The van der Waals surface area contributed by atoms with E-state index in [4.69, 9.17) is 5.73 Å². The van der Waals surface area contributed by atoms with E-state index < -0.39 is 11.7 Å². The highest BCUT2D eigenvalue weighted by Gasteiger charge is 2.32. The molecule has 3 N–H and O–H groups in total. The molecule has 1 aliphatic carbocycles. The number of halogens is 3. The smallest absolute Gasteiger partial charge is 0.330 e. The zero-order chi connectivity index (χ0) is 18.9. The van der Waals surface area contributed by atoms with Gasteiger partial charge in [0.25, 0.3) is 0 Å². The van der Waals surface area contributed by atoms with E-state index in [1.54, 1.807) is 13.0 Å². The van der Waals surface area contributed by atoms with Crippen LogP contribution in [0.25, 0.3) is 0 Å². The molecule has 2 aromatic rings. The predicted molar refractivity (Wildman–Crippen MR) is 95.2 cm³/mol. The zero-order valence-corrected chi connectivity index (χ0v) is 15.1. The Labute approximate surface area is 153 Å². The molecule has 3 rings (SSSR count). The van der Waals surface area contributed by atoms with Gasteiger partial charge in [-0.2, -0.15) is 13.2 Å². The monoisotopic (exact) mass is 383 g/mol. The molecule has 1 unspecified atom stereocenters. The minimum absolute atomic E-state index is 0.200. The molecule has 0 saturated heterocycles. The molecule has 1 aromatic carbocycles. The Morgan fingerprint density at radius 3 is 2.77 bits per heavy atom. The van der Waals surface area contributed by atoms with Crippen molar-refractivity contribution in [2.24, 2.45) is 11.7 Å². The fourth-order valence-corrected chi connectivity index (χ4v) is 3.68. The van der Waals surface area contributed by atoms with E-state index in [1.807, 2.05) is 0 Å². The molecule has 8 heteroatoms. The number of hydrogen-bond acceptors (Lipinski definition) is 4. The maximum absolute atomic E-state index is 12.9. The van der Waals surface area contributed by atoms with Crippen molar-refractivity contribution < 1.29 is 18.0 Å². The number of carbonyl (C=O) groups excluding carboxylic acids is 1. The van der Waals surface area contributed by atoms with Crippen molar-refractivity contribution in [3.8, 4) is 0 Å². The fourth-order valence-electron chi connectivity index (χ4n) is 2.60. The van der Waals surface area contributed by atoms with E-state index >= 15 is 0 Å². The quantitative estimate of drug-likeness (QED) is 0.787. The minimum atomic E-state index is -4.36. The van der Waals surface area contributed by atoms with Gasteiger partial charge < -0.3 is 11.1 Å². The van der Waals surface area contributed by atoms with Gasteiger partial charge in [0, 0.05) is 29.7 Å². The number of rotatable bonds is 6. The van der Waals surface area contributed by atoms with Crippen molar-refractivity contribution in [1.29, 1.82) is 0 Å². The lowest BCUT2D eigenvalue weighted by Crippen LogP contribution is -2.26. The molecule has 0 radical (unpaired) electrons. The van der Waals surface area contributed by atoms with E-state index in [1.165, 1.54) is 23.5 Å². The molecule has 0 bridgehead atoms. The maximum atomic E-state index is 12.9. The third-order valence-corrected chi connectivity index (χ3v) is 5.33. The first-order valence-electron chi connectivity index (χ1n) is 8.44. The normalized spacial score (nSPS) is 15.7. The van der Waals surface area contributed by atoms with Crippen molar-refractivity contribution in [1.82, 2.24) is 4.98 Å². The number of hydrogen-bond donors (Lipinski definition) is 2. The molecule has 4 nitrogen and oxygen atoms in total. The van der Waals surface area contributed by atoms with E-state index in [0.717, 1.165) is 29.5 Å². The lowest BCUT2D eigenvalue weighted by Gasteiger charge is -2.08. The van der Waals surface area contributed by atoms with E-state index in [9.17, 15) is 18.0 Å². The van der Waals surface area contributed by atoms with Crippen LogP contribution in [0.15, 0.2) is 24.3 Å². The average Bonchev–Trinajstić information content (AvgIpc) is 3.36. The van der Waals surface area contributed by atoms with Gasteiger partial charge in [0.1, 0.15) is 0 Å². The predicted octanol–water partition coefficient (Wildman–Crippen LogP) is 4.16. The zero-order valence-electron chi connectivity index (χ0n) is 14.3. The Kier molecular flexibility index (Phi) is 5.34. The molecule has 0 spiro atoms. The van der Waals surface area contributed by atoms with Crippen LogP contribution in [0.1, 0.15) is 47.4 Å². The van der Waals surface area contributed by atoms with Crippen molar-refractivity contribution in [2.45, 2.75) is 38.3 Å². The highest BCUT2D eigenvalue weighted by molar-refractivity contribution is 7.15. The summed E-state index contributed by atoms with van der Waals surface area (Å²) in [6, 6.07) is 5.34. The highest BCUT2D eigenvalue weighted by atomic mass is 32.1. The van der Waals surface area contributed by atoms with Gasteiger partial charge in [-0.3, -0.25) is 4.79 Å². The van der Waals surface area contributed by atoms with Gasteiger partial charge in [-0.1, -0.05) is 25.1 Å². The largest absolute Gasteiger partial charge is 0.416 e. The van der Waals surface area contributed by atoms with Crippen LogP contribution >= 0.6 is 11.3 Å². The molecular formula is C18H20F3N3OS. The average molecular weight is 383 g/mol. The standard InChI is InChI=1S/C18H20F3N3OS/c1-10(9-22)16(25)24-17-23-15(12-5-6-12)14(26-17)8-11-3-2-4-13(7-11)18(19,20)21/h2-4,7,10,12H,5-6,8-9,22H2,1H3,(H,23,24,25). The Morgan fingerprint density at radius 1 is 1.42 bits per heavy atom. The minimum Gasteiger partial charge on any atom is -0.330 e. The number of alkyl halides is 3. The molecule has 1 saturated carbocycles. The summed E-state index contributed by atoms with van der Waals surface area (Å²) in [6.07, 6.45) is -1.95. The molecular weight excluding hydrogens is 363 g/mol. The van der Waals surface area contributed by atoms with Gasteiger partial charge in [-0.15, -0.1) is 11.3 Å². The summed E-state index contributed by atoms with van der Waals surface area (Å²) in [5.74, 6) is -0.186. The lowest BCUT2D eigenvalue weighted by molar-refractivity contribution is -0.137. The Bertz CT molecular complexity index is 799. The number of aromatic nitrogens is 1. The van der Waals surface area contributed by atoms with Crippen LogP contribution in [0.3, 0.4) is 0 Å². The van der Waals surface area contributed by atoms with Crippen LogP contribution in [-0.2, 0) is 17.4 Å². The fraction of sp³-hybridized carbons (Fsp3) is 0.444. The van der Waals surface area contributed by atoms with Crippen LogP contribution in [0.2, 0.25) is 0 Å². The number of benzene rings is 1. The van der Waals surface area contributed by atoms with E-state index in [0.29, 0.717) is 23.0 Å². The summed E-state index contributed by atoms with van der Waals surface area (Å²) in [5, 5.41) is 3.25. The summed E-state index contributed by atoms with van der Waals surface area (Å²) in [6.45, 7) is 1.97. The van der Waals surface area contributed by atoms with Crippen LogP contribution < -0.4 is 11.1 Å². The van der Waals surface area contributed by atoms with Crippen LogP contribution in [0.5, 0.6) is 0 Å². The third kappa shape index (κ3) is 4.42. The second-order valence-electron chi connectivity index (χ2n) is 6.60. The lowest BCUT2D eigenvalue weighted by atomic mass is 10.1. The molecule has 140 valence electrons. The molecule has 1 heterocycles. The van der Waals surface area contributed by atoms with Gasteiger partial charge >= 0.3 is 6.18 Å². The molecule has 1 aliphatic rings. The molecule has 1 atom stereocenters. The van der Waals surface area contributed by atoms with Crippen molar-refractivity contribution in [3.63, 3.8) is 0 Å². The molecule has 1 aromatic heterocycles. The Hall–Kier alpha value is -1.93. The summed E-state index contributed by atoms with van der Waals surface area (Å²) in [4.78, 5) is 17.4. The van der Waals surface area contributed by atoms with Crippen molar-refractivity contribution in [3.05, 3.63) is 46.0 Å². The maximum Gasteiger partial charge on any atom is 0.416 e. The molecule has 0 aliphatic heterocycles. The number of carbonyl (C=O) groups is 1. The van der Waals surface area contributed by atoms with Crippen LogP contribution in [0.4, 0.5) is 18.3 Å². The first kappa shape index (κ1) is 18.8. The summed E-state index contributed by atoms with van der Waals surface area (Å²) in [7, 11) is 0. The summed E-state index contributed by atoms with van der Waals surface area (Å²) in [5.41, 5.74) is 6.32. The topological polar surface area (TPSA) is 68.0 Å². The second kappa shape index (κ2) is 7.36. The van der Waals surface area contributed by atoms with Gasteiger partial charge in [-0.25, -0.2) is 4.98 Å². The third-order valence-electron chi connectivity index (χ3n) is 4.34. The Morgan fingerprint density at radius 2 is 2.15 bits per heavy atom. The Balaban J connectivity index is 1.82. The van der Waals surface area contributed by atoms with Gasteiger partial charge in [-0.05, 0) is 24.5 Å². The number of nitrogens with one attached hydrogen (secondary N) is 1. The summed E-state index contributed by atoms with van der Waals surface area (Å²) >= 11 is 1.33. The van der Waals surface area contributed by atoms with E-state index in [-0.39, 0.29) is 18.4 Å². The SMILES string of the molecule is CC(CN)C(=O)Nc1nc(C2CC2)c(Cc2cccc(C(F)(F)F)c2)s1. The van der Waals surface area contributed by atoms with Crippen molar-refractivity contribution >= 4 is 22.4 Å². The number of nitrogens with zero attached hydrogens (tertiary/aromatic N) is 1. The van der Waals surface area contributed by atoms with Crippen LogP contribution in [0, 0.1) is 5.92 Å². The van der Waals surface area contributed by atoms with Gasteiger partial charge in [0.2, 0.25) is 5.91 Å². The number of nitrogens with two attached hydrogens (primary N) is 1. The number of anilines is 1. The van der Waals surface area contributed by atoms with Crippen LogP contribution in [-0.4, -0.2) is 17.4 Å². The summed E-state index contributed by atoms with van der Waals surface area (Å²) < 4.78 is 38.7. The first-order valence-corrected chi connectivity index (χ1v) is 9.26. The first-order chi connectivity index (χ1) is 12.3.